The maximum absolute atomic E-state index is 6.58. The van der Waals surface area contributed by atoms with Crippen LogP contribution in [0.2, 0.25) is 0 Å². The SMILES string of the molecule is Cc1cc([C@H](N)C2CCCCC2)cc(C)c1OCc1ccccc1. The minimum absolute atomic E-state index is 0.158. The van der Waals surface area contributed by atoms with E-state index in [9.17, 15) is 0 Å². The van der Waals surface area contributed by atoms with E-state index in [1.807, 2.05) is 18.2 Å². The van der Waals surface area contributed by atoms with E-state index in [-0.39, 0.29) is 6.04 Å². The molecule has 1 atom stereocenters. The zero-order valence-corrected chi connectivity index (χ0v) is 14.9. The molecular weight excluding hydrogens is 294 g/mol. The normalized spacial score (nSPS) is 16.8. The van der Waals surface area contributed by atoms with Crippen LogP contribution in [0.5, 0.6) is 5.75 Å². The van der Waals surface area contributed by atoms with Crippen LogP contribution in [-0.2, 0) is 6.61 Å². The number of rotatable bonds is 5. The number of ether oxygens (including phenoxy) is 1. The van der Waals surface area contributed by atoms with Crippen molar-refractivity contribution in [2.24, 2.45) is 11.7 Å². The van der Waals surface area contributed by atoms with Crippen LogP contribution in [0.3, 0.4) is 0 Å². The van der Waals surface area contributed by atoms with E-state index in [4.69, 9.17) is 10.5 Å². The summed E-state index contributed by atoms with van der Waals surface area (Å²) >= 11 is 0. The largest absolute Gasteiger partial charge is 0.488 e. The van der Waals surface area contributed by atoms with Gasteiger partial charge in [-0.1, -0.05) is 61.7 Å². The lowest BCUT2D eigenvalue weighted by atomic mass is 9.81. The van der Waals surface area contributed by atoms with Crippen LogP contribution in [-0.4, -0.2) is 0 Å². The molecule has 0 heterocycles. The van der Waals surface area contributed by atoms with Crippen molar-refractivity contribution in [3.63, 3.8) is 0 Å². The first kappa shape index (κ1) is 17.0. The molecule has 2 aromatic rings. The average molecular weight is 323 g/mol. The standard InChI is InChI=1S/C22H29NO/c1-16-13-20(21(23)19-11-7-4-8-12-19)14-17(2)22(16)24-15-18-9-5-3-6-10-18/h3,5-6,9-10,13-14,19,21H,4,7-8,11-12,15,23H2,1-2H3/t21-/m1/s1. The summed E-state index contributed by atoms with van der Waals surface area (Å²) in [6.07, 6.45) is 6.56. The van der Waals surface area contributed by atoms with Crippen LogP contribution >= 0.6 is 0 Å². The van der Waals surface area contributed by atoms with Crippen LogP contribution in [0, 0.1) is 19.8 Å². The smallest absolute Gasteiger partial charge is 0.125 e. The van der Waals surface area contributed by atoms with Crippen molar-refractivity contribution >= 4 is 0 Å². The van der Waals surface area contributed by atoms with Crippen molar-refractivity contribution in [1.82, 2.24) is 0 Å². The van der Waals surface area contributed by atoms with Crippen molar-refractivity contribution < 1.29 is 4.74 Å². The Bertz CT molecular complexity index is 636. The Morgan fingerprint density at radius 3 is 2.25 bits per heavy atom. The van der Waals surface area contributed by atoms with Crippen molar-refractivity contribution in [3.05, 3.63) is 64.7 Å². The topological polar surface area (TPSA) is 35.2 Å². The highest BCUT2D eigenvalue weighted by Gasteiger charge is 2.23. The van der Waals surface area contributed by atoms with E-state index >= 15 is 0 Å². The number of benzene rings is 2. The second-order valence-corrected chi connectivity index (χ2v) is 7.18. The predicted molar refractivity (Wildman–Crippen MR) is 100 cm³/mol. The highest BCUT2D eigenvalue weighted by molar-refractivity contribution is 5.44. The third-order valence-corrected chi connectivity index (χ3v) is 5.25. The second kappa shape index (κ2) is 7.85. The Labute approximate surface area is 146 Å². The highest BCUT2D eigenvalue weighted by atomic mass is 16.5. The van der Waals surface area contributed by atoms with Gasteiger partial charge < -0.3 is 10.5 Å². The third-order valence-electron chi connectivity index (χ3n) is 5.25. The second-order valence-electron chi connectivity index (χ2n) is 7.18. The van der Waals surface area contributed by atoms with E-state index in [0.29, 0.717) is 12.5 Å². The maximum Gasteiger partial charge on any atom is 0.125 e. The summed E-state index contributed by atoms with van der Waals surface area (Å²) in [7, 11) is 0. The maximum atomic E-state index is 6.58. The molecule has 3 rings (SSSR count). The Hall–Kier alpha value is -1.80. The Morgan fingerprint density at radius 1 is 1.00 bits per heavy atom. The molecule has 0 spiro atoms. The van der Waals surface area contributed by atoms with Gasteiger partial charge in [-0.15, -0.1) is 0 Å². The zero-order valence-electron chi connectivity index (χ0n) is 14.9. The van der Waals surface area contributed by atoms with E-state index < -0.39 is 0 Å². The van der Waals surface area contributed by atoms with Crippen LogP contribution in [0.15, 0.2) is 42.5 Å². The van der Waals surface area contributed by atoms with Gasteiger partial charge in [-0.2, -0.15) is 0 Å². The molecule has 24 heavy (non-hydrogen) atoms. The van der Waals surface area contributed by atoms with Gasteiger partial charge in [0.1, 0.15) is 12.4 Å². The molecule has 0 bridgehead atoms. The fourth-order valence-corrected chi connectivity index (χ4v) is 3.90. The Balaban J connectivity index is 1.73. The molecule has 0 aromatic heterocycles. The summed E-state index contributed by atoms with van der Waals surface area (Å²) in [5, 5.41) is 0. The first-order valence-electron chi connectivity index (χ1n) is 9.18. The van der Waals surface area contributed by atoms with Crippen LogP contribution in [0.25, 0.3) is 0 Å². The van der Waals surface area contributed by atoms with Gasteiger partial charge in [0.05, 0.1) is 0 Å². The Morgan fingerprint density at radius 2 is 1.62 bits per heavy atom. The van der Waals surface area contributed by atoms with Gasteiger partial charge in [-0.05, 0) is 54.9 Å². The number of hydrogen-bond acceptors (Lipinski definition) is 2. The molecule has 1 aliphatic carbocycles. The molecule has 0 unspecified atom stereocenters. The minimum atomic E-state index is 0.158. The van der Waals surface area contributed by atoms with Crippen molar-refractivity contribution in [1.29, 1.82) is 0 Å². The van der Waals surface area contributed by atoms with Crippen LogP contribution < -0.4 is 10.5 Å². The predicted octanol–water partition coefficient (Wildman–Crippen LogP) is 5.46. The van der Waals surface area contributed by atoms with Crippen LogP contribution in [0.4, 0.5) is 0 Å². The molecule has 2 aromatic carbocycles. The van der Waals surface area contributed by atoms with Gasteiger partial charge in [-0.3, -0.25) is 0 Å². The first-order valence-corrected chi connectivity index (χ1v) is 9.18. The molecule has 0 amide bonds. The number of hydrogen-bond donors (Lipinski definition) is 1. The van der Waals surface area contributed by atoms with Crippen molar-refractivity contribution in [3.8, 4) is 5.75 Å². The van der Waals surface area contributed by atoms with E-state index in [1.165, 1.54) is 54.4 Å². The minimum Gasteiger partial charge on any atom is -0.488 e. The summed E-state index contributed by atoms with van der Waals surface area (Å²) in [5.74, 6) is 1.63. The quantitative estimate of drug-likeness (QED) is 0.792. The van der Waals surface area contributed by atoms with Gasteiger partial charge in [0.25, 0.3) is 0 Å². The molecule has 2 N–H and O–H groups in total. The summed E-state index contributed by atoms with van der Waals surface area (Å²) < 4.78 is 6.09. The first-order chi connectivity index (χ1) is 11.6. The lowest BCUT2D eigenvalue weighted by Gasteiger charge is -2.28. The summed E-state index contributed by atoms with van der Waals surface area (Å²) in [4.78, 5) is 0. The van der Waals surface area contributed by atoms with Gasteiger partial charge in [0.15, 0.2) is 0 Å². The zero-order chi connectivity index (χ0) is 16.9. The van der Waals surface area contributed by atoms with Gasteiger partial charge in [-0.25, -0.2) is 0 Å². The molecule has 1 saturated carbocycles. The number of aryl methyl sites for hydroxylation is 2. The molecule has 1 aliphatic rings. The molecule has 0 radical (unpaired) electrons. The molecule has 2 heteroatoms. The van der Waals surface area contributed by atoms with Crippen molar-refractivity contribution in [2.45, 2.75) is 58.6 Å². The van der Waals surface area contributed by atoms with Gasteiger partial charge >= 0.3 is 0 Å². The lowest BCUT2D eigenvalue weighted by Crippen LogP contribution is -2.23. The third kappa shape index (κ3) is 3.99. The molecule has 128 valence electrons. The molecule has 2 nitrogen and oxygen atoms in total. The lowest BCUT2D eigenvalue weighted by molar-refractivity contribution is 0.299. The monoisotopic (exact) mass is 323 g/mol. The molecule has 0 saturated heterocycles. The van der Waals surface area contributed by atoms with Gasteiger partial charge in [0.2, 0.25) is 0 Å². The molecular formula is C22H29NO. The summed E-state index contributed by atoms with van der Waals surface area (Å²) in [6.45, 7) is 4.87. The fourth-order valence-electron chi connectivity index (χ4n) is 3.90. The average Bonchev–Trinajstić information content (AvgIpc) is 2.62. The number of nitrogens with two attached hydrogens (primary N) is 1. The van der Waals surface area contributed by atoms with E-state index in [2.05, 4.69) is 38.1 Å². The fraction of sp³-hybridized carbons (Fsp3) is 0.455. The summed E-state index contributed by atoms with van der Waals surface area (Å²) in [5.41, 5.74) is 11.4. The van der Waals surface area contributed by atoms with Gasteiger partial charge in [0, 0.05) is 6.04 Å². The van der Waals surface area contributed by atoms with E-state index in [1.54, 1.807) is 0 Å². The van der Waals surface area contributed by atoms with Crippen LogP contribution in [0.1, 0.15) is 60.4 Å². The molecule has 1 fully saturated rings. The van der Waals surface area contributed by atoms with E-state index in [0.717, 1.165) is 5.75 Å². The molecule has 0 aliphatic heterocycles. The highest BCUT2D eigenvalue weighted by Crippen LogP contribution is 2.35. The van der Waals surface area contributed by atoms with Crippen molar-refractivity contribution in [2.75, 3.05) is 0 Å². The Kier molecular flexibility index (Phi) is 5.57. The summed E-state index contributed by atoms with van der Waals surface area (Å²) in [6, 6.07) is 14.9.